The summed E-state index contributed by atoms with van der Waals surface area (Å²) in [6, 6.07) is -0.982. The normalized spacial score (nSPS) is 22.3. The fourth-order valence-electron chi connectivity index (χ4n) is 0.974. The van der Waals surface area contributed by atoms with Crippen LogP contribution in [0.1, 0.15) is 13.8 Å². The maximum atomic E-state index is 11.1. The number of urea groups is 2. The highest BCUT2D eigenvalue weighted by atomic mass is 16.5. The SMILES string of the molecule is CC(C)COC1NC(=O)NC(=O)N1C. The summed E-state index contributed by atoms with van der Waals surface area (Å²) >= 11 is 0. The highest BCUT2D eigenvalue weighted by Gasteiger charge is 2.29. The van der Waals surface area contributed by atoms with Gasteiger partial charge >= 0.3 is 12.1 Å². The van der Waals surface area contributed by atoms with E-state index in [1.807, 2.05) is 13.8 Å². The maximum absolute atomic E-state index is 11.1. The molecule has 0 aliphatic carbocycles. The summed E-state index contributed by atoms with van der Waals surface area (Å²) in [4.78, 5) is 23.4. The first-order chi connectivity index (χ1) is 6.50. The van der Waals surface area contributed by atoms with E-state index in [4.69, 9.17) is 4.74 Å². The van der Waals surface area contributed by atoms with Crippen LogP contribution in [0.2, 0.25) is 0 Å². The lowest BCUT2D eigenvalue weighted by Gasteiger charge is -2.32. The summed E-state index contributed by atoms with van der Waals surface area (Å²) < 4.78 is 5.33. The van der Waals surface area contributed by atoms with Crippen LogP contribution in [0, 0.1) is 5.92 Å². The molecule has 1 heterocycles. The van der Waals surface area contributed by atoms with E-state index in [2.05, 4.69) is 10.6 Å². The van der Waals surface area contributed by atoms with E-state index >= 15 is 0 Å². The van der Waals surface area contributed by atoms with Gasteiger partial charge < -0.3 is 4.74 Å². The Hall–Kier alpha value is -1.30. The zero-order chi connectivity index (χ0) is 10.7. The molecule has 1 aliphatic heterocycles. The van der Waals surface area contributed by atoms with E-state index in [9.17, 15) is 9.59 Å². The zero-order valence-electron chi connectivity index (χ0n) is 8.53. The molecule has 1 rings (SSSR count). The van der Waals surface area contributed by atoms with Gasteiger partial charge in [-0.05, 0) is 5.92 Å². The number of carbonyl (C=O) groups excluding carboxylic acids is 2. The fraction of sp³-hybridized carbons (Fsp3) is 0.750. The second kappa shape index (κ2) is 4.28. The van der Waals surface area contributed by atoms with Gasteiger partial charge in [-0.2, -0.15) is 0 Å². The van der Waals surface area contributed by atoms with Crippen molar-refractivity contribution in [1.82, 2.24) is 15.5 Å². The standard InChI is InChI=1S/C8H15N3O3/c1-5(2)4-14-8-10-6(12)9-7(13)11(8)3/h5,8H,4H2,1-3H3,(H2,9,10,12,13). The first-order valence-electron chi connectivity index (χ1n) is 4.46. The van der Waals surface area contributed by atoms with Gasteiger partial charge in [0.15, 0.2) is 0 Å². The first kappa shape index (κ1) is 10.8. The second-order valence-corrected chi connectivity index (χ2v) is 3.59. The molecule has 0 bridgehead atoms. The number of carbonyl (C=O) groups is 2. The van der Waals surface area contributed by atoms with Crippen LogP contribution in [0.4, 0.5) is 9.59 Å². The molecule has 0 radical (unpaired) electrons. The van der Waals surface area contributed by atoms with Crippen LogP contribution in [-0.4, -0.2) is 37.0 Å². The third kappa shape index (κ3) is 2.59. The van der Waals surface area contributed by atoms with Crippen molar-refractivity contribution in [3.8, 4) is 0 Å². The number of imide groups is 1. The minimum absolute atomic E-state index is 0.352. The topological polar surface area (TPSA) is 70.7 Å². The predicted molar refractivity (Wildman–Crippen MR) is 49.4 cm³/mol. The summed E-state index contributed by atoms with van der Waals surface area (Å²) in [7, 11) is 1.56. The number of rotatable bonds is 3. The Morgan fingerprint density at radius 2 is 2.14 bits per heavy atom. The van der Waals surface area contributed by atoms with Gasteiger partial charge in [0, 0.05) is 7.05 Å². The number of nitrogens with one attached hydrogen (secondary N) is 2. The van der Waals surface area contributed by atoms with E-state index < -0.39 is 18.4 Å². The lowest BCUT2D eigenvalue weighted by atomic mass is 10.2. The number of nitrogens with zero attached hydrogens (tertiary/aromatic N) is 1. The van der Waals surface area contributed by atoms with E-state index in [0.717, 1.165) is 0 Å². The fourth-order valence-corrected chi connectivity index (χ4v) is 0.974. The van der Waals surface area contributed by atoms with Gasteiger partial charge in [-0.25, -0.2) is 9.59 Å². The molecule has 6 heteroatoms. The molecule has 4 amide bonds. The number of amides is 4. The van der Waals surface area contributed by atoms with Crippen molar-refractivity contribution in [3.63, 3.8) is 0 Å². The Balaban J connectivity index is 2.49. The molecule has 0 aromatic carbocycles. The van der Waals surface area contributed by atoms with Gasteiger partial charge in [-0.3, -0.25) is 15.5 Å². The van der Waals surface area contributed by atoms with Crippen LogP contribution in [0.3, 0.4) is 0 Å². The summed E-state index contributed by atoms with van der Waals surface area (Å²) in [5.74, 6) is 0.352. The Bertz CT molecular complexity index is 242. The van der Waals surface area contributed by atoms with Crippen molar-refractivity contribution in [2.45, 2.75) is 20.2 Å². The largest absolute Gasteiger partial charge is 0.340 e. The van der Waals surface area contributed by atoms with Crippen LogP contribution >= 0.6 is 0 Å². The quantitative estimate of drug-likeness (QED) is 0.690. The first-order valence-corrected chi connectivity index (χ1v) is 4.46. The summed E-state index contributed by atoms with van der Waals surface area (Å²) in [6.07, 6.45) is -0.668. The molecular formula is C8H15N3O3. The summed E-state index contributed by atoms with van der Waals surface area (Å²) in [5.41, 5.74) is 0. The molecule has 0 aromatic rings. The lowest BCUT2D eigenvalue weighted by Crippen LogP contribution is -2.63. The highest BCUT2D eigenvalue weighted by molar-refractivity contribution is 5.95. The van der Waals surface area contributed by atoms with Gasteiger partial charge in [0.05, 0.1) is 6.61 Å². The van der Waals surface area contributed by atoms with Gasteiger partial charge in [0.1, 0.15) is 0 Å². The third-order valence-electron chi connectivity index (χ3n) is 1.73. The Labute approximate surface area is 82.6 Å². The monoisotopic (exact) mass is 201 g/mol. The van der Waals surface area contributed by atoms with Gasteiger partial charge in [-0.1, -0.05) is 13.8 Å². The van der Waals surface area contributed by atoms with E-state index in [1.165, 1.54) is 4.90 Å². The van der Waals surface area contributed by atoms with E-state index in [-0.39, 0.29) is 0 Å². The average molecular weight is 201 g/mol. The number of ether oxygens (including phenoxy) is 1. The Morgan fingerprint density at radius 3 is 2.71 bits per heavy atom. The molecular weight excluding hydrogens is 186 g/mol. The second-order valence-electron chi connectivity index (χ2n) is 3.59. The minimum Gasteiger partial charge on any atom is -0.340 e. The van der Waals surface area contributed by atoms with Crippen molar-refractivity contribution >= 4 is 12.1 Å². The van der Waals surface area contributed by atoms with Crippen LogP contribution in [-0.2, 0) is 4.74 Å². The zero-order valence-corrected chi connectivity index (χ0v) is 8.53. The molecule has 1 fully saturated rings. The summed E-state index contributed by atoms with van der Waals surface area (Å²) in [5, 5.41) is 4.59. The van der Waals surface area contributed by atoms with Gasteiger partial charge in [-0.15, -0.1) is 0 Å². The molecule has 80 valence electrons. The van der Waals surface area contributed by atoms with Crippen LogP contribution in [0.5, 0.6) is 0 Å². The van der Waals surface area contributed by atoms with Crippen molar-refractivity contribution in [2.24, 2.45) is 5.92 Å². The molecule has 1 saturated heterocycles. The molecule has 1 atom stereocenters. The number of hydrogen-bond acceptors (Lipinski definition) is 3. The van der Waals surface area contributed by atoms with Gasteiger partial charge in [0.25, 0.3) is 0 Å². The van der Waals surface area contributed by atoms with E-state index in [1.54, 1.807) is 7.05 Å². The Morgan fingerprint density at radius 1 is 1.50 bits per heavy atom. The third-order valence-corrected chi connectivity index (χ3v) is 1.73. The Kier molecular flexibility index (Phi) is 3.29. The summed E-state index contributed by atoms with van der Waals surface area (Å²) in [6.45, 7) is 4.47. The number of hydrogen-bond donors (Lipinski definition) is 2. The molecule has 0 saturated carbocycles. The molecule has 0 spiro atoms. The highest BCUT2D eigenvalue weighted by Crippen LogP contribution is 2.03. The van der Waals surface area contributed by atoms with Gasteiger partial charge in [0.2, 0.25) is 6.35 Å². The lowest BCUT2D eigenvalue weighted by molar-refractivity contribution is -0.0565. The van der Waals surface area contributed by atoms with E-state index in [0.29, 0.717) is 12.5 Å². The van der Waals surface area contributed by atoms with Crippen LogP contribution < -0.4 is 10.6 Å². The maximum Gasteiger partial charge on any atom is 0.328 e. The molecule has 6 nitrogen and oxygen atoms in total. The van der Waals surface area contributed by atoms with Crippen LogP contribution in [0.25, 0.3) is 0 Å². The van der Waals surface area contributed by atoms with Crippen molar-refractivity contribution in [2.75, 3.05) is 13.7 Å². The molecule has 14 heavy (non-hydrogen) atoms. The molecule has 1 unspecified atom stereocenters. The molecule has 2 N–H and O–H groups in total. The van der Waals surface area contributed by atoms with Crippen molar-refractivity contribution < 1.29 is 14.3 Å². The molecule has 1 aliphatic rings. The predicted octanol–water partition coefficient (Wildman–Crippen LogP) is 0.307. The minimum atomic E-state index is -0.668. The van der Waals surface area contributed by atoms with Crippen LogP contribution in [0.15, 0.2) is 0 Å². The van der Waals surface area contributed by atoms with Crippen molar-refractivity contribution in [1.29, 1.82) is 0 Å². The molecule has 0 aromatic heterocycles. The average Bonchev–Trinajstić information content (AvgIpc) is 2.08. The smallest absolute Gasteiger partial charge is 0.328 e. The van der Waals surface area contributed by atoms with Crippen molar-refractivity contribution in [3.05, 3.63) is 0 Å².